The summed E-state index contributed by atoms with van der Waals surface area (Å²) in [5, 5.41) is 0. The molecule has 0 radical (unpaired) electrons. The third-order valence-electron chi connectivity index (χ3n) is 1.41. The van der Waals surface area contributed by atoms with Gasteiger partial charge in [0.15, 0.2) is 0 Å². The van der Waals surface area contributed by atoms with Crippen LogP contribution in [0.3, 0.4) is 0 Å². The monoisotopic (exact) mass is 222 g/mol. The zero-order valence-electron chi connectivity index (χ0n) is 9.28. The highest BCUT2D eigenvalue weighted by molar-refractivity contribution is 7.54. The first-order valence-corrected chi connectivity index (χ1v) is 6.37. The van der Waals surface area contributed by atoms with Crippen molar-refractivity contribution in [2.45, 2.75) is 20.8 Å². The Kier molecular flexibility index (Phi) is 6.89. The molecule has 0 N–H and O–H groups in total. The molecule has 84 valence electrons. The van der Waals surface area contributed by atoms with Crippen molar-refractivity contribution in [2.75, 3.05) is 26.5 Å². The van der Waals surface area contributed by atoms with E-state index >= 15 is 0 Å². The number of allylic oxidation sites excluding steroid dienone is 1. The van der Waals surface area contributed by atoms with Gasteiger partial charge in [-0.25, -0.2) is 0 Å². The van der Waals surface area contributed by atoms with Crippen molar-refractivity contribution >= 4 is 7.60 Å². The zero-order chi connectivity index (χ0) is 11.0. The number of methoxy groups -OCH3 is 1. The number of rotatable bonds is 7. The molecule has 0 heterocycles. The smallest absolute Gasteiger partial charge is 0.334 e. The van der Waals surface area contributed by atoms with Crippen molar-refractivity contribution in [1.29, 1.82) is 0 Å². The van der Waals surface area contributed by atoms with Gasteiger partial charge >= 0.3 is 7.60 Å². The van der Waals surface area contributed by atoms with E-state index in [-0.39, 0.29) is 6.16 Å². The lowest BCUT2D eigenvalue weighted by Crippen LogP contribution is -2.01. The number of hydrogen-bond acceptors (Lipinski definition) is 4. The summed E-state index contributed by atoms with van der Waals surface area (Å²) in [6.45, 7) is 6.19. The van der Waals surface area contributed by atoms with Crippen molar-refractivity contribution < 1.29 is 18.3 Å². The summed E-state index contributed by atoms with van der Waals surface area (Å²) < 4.78 is 27.0. The molecule has 0 rings (SSSR count). The number of hydrogen-bond donors (Lipinski definition) is 0. The Morgan fingerprint density at radius 3 is 2.14 bits per heavy atom. The molecular formula is C9H19O4P. The fourth-order valence-electron chi connectivity index (χ4n) is 1.07. The van der Waals surface area contributed by atoms with Crippen LogP contribution in [0, 0.1) is 0 Å². The normalized spacial score (nSPS) is 13.0. The lowest BCUT2D eigenvalue weighted by molar-refractivity contribution is 0.221. The van der Waals surface area contributed by atoms with Crippen LogP contribution < -0.4 is 0 Å². The predicted octanol–water partition coefficient (Wildman–Crippen LogP) is 2.80. The first-order chi connectivity index (χ1) is 6.58. The molecule has 4 nitrogen and oxygen atoms in total. The van der Waals surface area contributed by atoms with Gasteiger partial charge in [0.2, 0.25) is 0 Å². The molecule has 0 aliphatic carbocycles. The van der Waals surface area contributed by atoms with E-state index < -0.39 is 7.60 Å². The molecule has 14 heavy (non-hydrogen) atoms. The summed E-state index contributed by atoms with van der Waals surface area (Å²) in [6, 6.07) is 0. The fraction of sp³-hybridized carbons (Fsp3) is 0.778. The van der Waals surface area contributed by atoms with Crippen LogP contribution in [0.25, 0.3) is 0 Å². The zero-order valence-corrected chi connectivity index (χ0v) is 10.2. The molecule has 0 amide bonds. The molecule has 0 saturated carbocycles. The summed E-state index contributed by atoms with van der Waals surface area (Å²) in [5.74, 6) is 0. The Morgan fingerprint density at radius 2 is 1.79 bits per heavy atom. The molecule has 0 atom stereocenters. The van der Waals surface area contributed by atoms with E-state index in [1.807, 2.05) is 6.92 Å². The molecule has 0 bridgehead atoms. The van der Waals surface area contributed by atoms with E-state index in [0.717, 1.165) is 5.57 Å². The molecule has 5 heteroatoms. The average Bonchev–Trinajstić information content (AvgIpc) is 2.04. The second-order valence-electron chi connectivity index (χ2n) is 2.80. The van der Waals surface area contributed by atoms with Crippen LogP contribution in [-0.2, 0) is 18.3 Å². The first kappa shape index (κ1) is 13.7. The highest BCUT2D eigenvalue weighted by atomic mass is 31.2. The largest absolute Gasteiger partial charge is 0.504 e. The maximum Gasteiger partial charge on any atom is 0.334 e. The van der Waals surface area contributed by atoms with Crippen molar-refractivity contribution in [3.8, 4) is 0 Å². The van der Waals surface area contributed by atoms with Crippen LogP contribution in [0.15, 0.2) is 11.8 Å². The Morgan fingerprint density at radius 1 is 1.29 bits per heavy atom. The molecule has 0 aliphatic heterocycles. The molecule has 0 aromatic rings. The summed E-state index contributed by atoms with van der Waals surface area (Å²) in [7, 11) is -1.40. The van der Waals surface area contributed by atoms with Gasteiger partial charge in [0.25, 0.3) is 0 Å². The lowest BCUT2D eigenvalue weighted by atomic mass is 10.4. The van der Waals surface area contributed by atoms with Crippen molar-refractivity contribution in [3.63, 3.8) is 0 Å². The van der Waals surface area contributed by atoms with Gasteiger partial charge in [-0.05, 0) is 26.3 Å². The quantitative estimate of drug-likeness (QED) is 0.490. The minimum absolute atomic E-state index is 0.280. The molecule has 0 unspecified atom stereocenters. The standard InChI is InChI=1S/C9H19O4P/c1-5-12-14(10,13-6-2)8-9(3)7-11-4/h7H,5-6,8H2,1-4H3/b9-7+. The Labute approximate surface area is 85.8 Å². The average molecular weight is 222 g/mol. The van der Waals surface area contributed by atoms with Crippen LogP contribution in [-0.4, -0.2) is 26.5 Å². The van der Waals surface area contributed by atoms with Gasteiger partial charge in [0.1, 0.15) is 0 Å². The lowest BCUT2D eigenvalue weighted by Gasteiger charge is -2.16. The summed E-state index contributed by atoms with van der Waals surface area (Å²) in [4.78, 5) is 0. The maximum atomic E-state index is 12.0. The van der Waals surface area contributed by atoms with Gasteiger partial charge in [-0.3, -0.25) is 4.57 Å². The highest BCUT2D eigenvalue weighted by Gasteiger charge is 2.23. The topological polar surface area (TPSA) is 44.8 Å². The van der Waals surface area contributed by atoms with Crippen LogP contribution in [0.4, 0.5) is 0 Å². The Hall–Kier alpha value is -0.310. The predicted molar refractivity (Wildman–Crippen MR) is 56.5 cm³/mol. The highest BCUT2D eigenvalue weighted by Crippen LogP contribution is 2.49. The van der Waals surface area contributed by atoms with Crippen molar-refractivity contribution in [1.82, 2.24) is 0 Å². The van der Waals surface area contributed by atoms with Gasteiger partial charge in [0, 0.05) is 0 Å². The third-order valence-corrected chi connectivity index (χ3v) is 3.60. The van der Waals surface area contributed by atoms with Gasteiger partial charge in [-0.1, -0.05) is 0 Å². The van der Waals surface area contributed by atoms with Gasteiger partial charge in [-0.15, -0.1) is 0 Å². The summed E-state index contributed by atoms with van der Waals surface area (Å²) in [5.41, 5.74) is 0.845. The molecule has 0 aromatic heterocycles. The molecule has 0 aromatic carbocycles. The van der Waals surface area contributed by atoms with Gasteiger partial charge in [-0.2, -0.15) is 0 Å². The molecule has 0 aliphatic rings. The SMILES string of the molecule is CCOP(=O)(C/C(C)=C/OC)OCC. The molecule has 0 saturated heterocycles. The summed E-state index contributed by atoms with van der Waals surface area (Å²) >= 11 is 0. The van der Waals surface area contributed by atoms with Crippen LogP contribution in [0.1, 0.15) is 20.8 Å². The minimum Gasteiger partial charge on any atom is -0.504 e. The van der Waals surface area contributed by atoms with Crippen LogP contribution >= 0.6 is 7.60 Å². The van der Waals surface area contributed by atoms with E-state index in [2.05, 4.69) is 0 Å². The molecule has 0 spiro atoms. The van der Waals surface area contributed by atoms with E-state index in [9.17, 15) is 4.57 Å². The fourth-order valence-corrected chi connectivity index (χ4v) is 2.80. The van der Waals surface area contributed by atoms with E-state index in [1.165, 1.54) is 0 Å². The molecular weight excluding hydrogens is 203 g/mol. The van der Waals surface area contributed by atoms with E-state index in [0.29, 0.717) is 13.2 Å². The van der Waals surface area contributed by atoms with Crippen molar-refractivity contribution in [2.24, 2.45) is 0 Å². The second-order valence-corrected chi connectivity index (χ2v) is 4.86. The van der Waals surface area contributed by atoms with Gasteiger partial charge < -0.3 is 13.8 Å². The van der Waals surface area contributed by atoms with Crippen molar-refractivity contribution in [3.05, 3.63) is 11.8 Å². The van der Waals surface area contributed by atoms with Crippen LogP contribution in [0.5, 0.6) is 0 Å². The summed E-state index contributed by atoms with van der Waals surface area (Å²) in [6.07, 6.45) is 1.83. The van der Waals surface area contributed by atoms with E-state index in [4.69, 9.17) is 13.8 Å². The van der Waals surface area contributed by atoms with Crippen LogP contribution in [0.2, 0.25) is 0 Å². The Balaban J connectivity index is 4.35. The first-order valence-electron chi connectivity index (χ1n) is 4.64. The minimum atomic E-state index is -2.95. The third kappa shape index (κ3) is 5.43. The van der Waals surface area contributed by atoms with Gasteiger partial charge in [0.05, 0.1) is 32.7 Å². The second kappa shape index (κ2) is 7.04. The van der Waals surface area contributed by atoms with E-state index in [1.54, 1.807) is 27.2 Å². The molecule has 0 fully saturated rings. The Bertz CT molecular complexity index is 215. The number of ether oxygens (including phenoxy) is 1. The maximum absolute atomic E-state index is 12.0.